The molecule has 0 unspecified atom stereocenters. The lowest BCUT2D eigenvalue weighted by Gasteiger charge is -2.31. The summed E-state index contributed by atoms with van der Waals surface area (Å²) in [5, 5.41) is 2.76. The number of benzene rings is 1. The second-order valence-corrected chi connectivity index (χ2v) is 6.46. The number of carbonyl (C=O) groups excluding carboxylic acids is 3. The van der Waals surface area contributed by atoms with Gasteiger partial charge in [0.2, 0.25) is 11.8 Å². The Kier molecular flexibility index (Phi) is 6.97. The Morgan fingerprint density at radius 2 is 1.96 bits per heavy atom. The fraction of sp³-hybridized carbons (Fsp3) is 0.500. The van der Waals surface area contributed by atoms with Crippen molar-refractivity contribution in [3.8, 4) is 5.75 Å². The number of methoxy groups -OCH3 is 1. The van der Waals surface area contributed by atoms with E-state index < -0.39 is 0 Å². The second-order valence-electron chi connectivity index (χ2n) is 6.46. The number of ether oxygens (including phenoxy) is 1. The third-order valence-electron chi connectivity index (χ3n) is 4.48. The van der Waals surface area contributed by atoms with Gasteiger partial charge in [-0.2, -0.15) is 0 Å². The van der Waals surface area contributed by atoms with Crippen LogP contribution in [0.25, 0.3) is 0 Å². The zero-order valence-corrected chi connectivity index (χ0v) is 15.6. The van der Waals surface area contributed by atoms with Gasteiger partial charge in [0.15, 0.2) is 6.54 Å². The van der Waals surface area contributed by atoms with Gasteiger partial charge in [-0.05, 0) is 12.1 Å². The number of carbonyl (C=O) groups is 3. The van der Waals surface area contributed by atoms with Crippen LogP contribution in [0.15, 0.2) is 24.3 Å². The quantitative estimate of drug-likeness (QED) is 0.668. The van der Waals surface area contributed by atoms with E-state index in [1.807, 2.05) is 0 Å². The first-order valence-electron chi connectivity index (χ1n) is 8.66. The highest BCUT2D eigenvalue weighted by atomic mass is 16.5. The van der Waals surface area contributed by atoms with Crippen LogP contribution in [0, 0.1) is 0 Å². The summed E-state index contributed by atoms with van der Waals surface area (Å²) < 4.78 is 5.12. The SMILES string of the molecule is COc1cccc(NC(=O)CN(C)C(=O)C[NH+]2CCN(C(C)=O)CC2)c1. The van der Waals surface area contributed by atoms with Gasteiger partial charge in [-0.15, -0.1) is 0 Å². The van der Waals surface area contributed by atoms with Crippen LogP contribution >= 0.6 is 0 Å². The largest absolute Gasteiger partial charge is 0.497 e. The van der Waals surface area contributed by atoms with Crippen LogP contribution in [0.3, 0.4) is 0 Å². The summed E-state index contributed by atoms with van der Waals surface area (Å²) in [6.07, 6.45) is 0. The molecule has 1 aromatic carbocycles. The number of piperazine rings is 1. The van der Waals surface area contributed by atoms with Crippen LogP contribution in [0.1, 0.15) is 6.92 Å². The molecule has 0 aliphatic carbocycles. The van der Waals surface area contributed by atoms with Crippen molar-refractivity contribution in [3.63, 3.8) is 0 Å². The Morgan fingerprint density at radius 1 is 1.27 bits per heavy atom. The molecule has 2 N–H and O–H groups in total. The lowest BCUT2D eigenvalue weighted by Crippen LogP contribution is -3.15. The number of amides is 3. The van der Waals surface area contributed by atoms with Gasteiger partial charge in [0.1, 0.15) is 5.75 Å². The van der Waals surface area contributed by atoms with Crippen LogP contribution in [-0.2, 0) is 14.4 Å². The van der Waals surface area contributed by atoms with Crippen LogP contribution < -0.4 is 15.0 Å². The summed E-state index contributed by atoms with van der Waals surface area (Å²) in [4.78, 5) is 40.2. The number of hydrogen-bond donors (Lipinski definition) is 2. The van der Waals surface area contributed by atoms with E-state index in [-0.39, 0.29) is 24.3 Å². The maximum Gasteiger partial charge on any atom is 0.277 e. The lowest BCUT2D eigenvalue weighted by atomic mass is 10.3. The molecular formula is C18H27N4O4+. The van der Waals surface area contributed by atoms with Gasteiger partial charge in [0, 0.05) is 25.7 Å². The molecule has 0 radical (unpaired) electrons. The molecule has 142 valence electrons. The maximum atomic E-state index is 12.3. The number of hydrogen-bond acceptors (Lipinski definition) is 4. The third-order valence-corrected chi connectivity index (χ3v) is 4.48. The Morgan fingerprint density at radius 3 is 2.58 bits per heavy atom. The molecule has 0 saturated carbocycles. The van der Waals surface area contributed by atoms with Crippen molar-refractivity contribution >= 4 is 23.4 Å². The highest BCUT2D eigenvalue weighted by Gasteiger charge is 2.25. The van der Waals surface area contributed by atoms with Crippen LogP contribution in [0.5, 0.6) is 5.75 Å². The molecule has 8 nitrogen and oxygen atoms in total. The first-order valence-corrected chi connectivity index (χ1v) is 8.66. The Hall–Kier alpha value is -2.61. The fourth-order valence-electron chi connectivity index (χ4n) is 2.87. The molecular weight excluding hydrogens is 336 g/mol. The Labute approximate surface area is 153 Å². The van der Waals surface area contributed by atoms with Crippen LogP contribution in [0.4, 0.5) is 5.69 Å². The van der Waals surface area contributed by atoms with Crippen LogP contribution in [-0.4, -0.2) is 80.9 Å². The molecule has 3 amide bonds. The lowest BCUT2D eigenvalue weighted by molar-refractivity contribution is -0.896. The minimum absolute atomic E-state index is 0.0110. The molecule has 0 aromatic heterocycles. The van der Waals surface area contributed by atoms with E-state index in [4.69, 9.17) is 4.74 Å². The molecule has 0 bridgehead atoms. The van der Waals surface area contributed by atoms with Crippen molar-refractivity contribution in [2.45, 2.75) is 6.92 Å². The normalized spacial score (nSPS) is 14.7. The van der Waals surface area contributed by atoms with E-state index in [2.05, 4.69) is 5.32 Å². The van der Waals surface area contributed by atoms with Gasteiger partial charge in [0.25, 0.3) is 5.91 Å². The predicted octanol–water partition coefficient (Wildman–Crippen LogP) is -1.16. The van der Waals surface area contributed by atoms with Gasteiger partial charge < -0.3 is 24.8 Å². The zero-order valence-electron chi connectivity index (χ0n) is 15.6. The minimum Gasteiger partial charge on any atom is -0.497 e. The molecule has 0 spiro atoms. The number of nitrogens with zero attached hydrogens (tertiary/aromatic N) is 2. The van der Waals surface area contributed by atoms with E-state index in [1.54, 1.807) is 50.2 Å². The number of nitrogens with one attached hydrogen (secondary N) is 2. The molecule has 1 fully saturated rings. The molecule has 1 aliphatic heterocycles. The van der Waals surface area contributed by atoms with Crippen molar-refractivity contribution in [1.29, 1.82) is 0 Å². The van der Waals surface area contributed by atoms with Crippen LogP contribution in [0.2, 0.25) is 0 Å². The third kappa shape index (κ3) is 5.73. The first kappa shape index (κ1) is 19.7. The number of anilines is 1. The van der Waals surface area contributed by atoms with Crippen molar-refractivity contribution in [3.05, 3.63) is 24.3 Å². The molecule has 26 heavy (non-hydrogen) atoms. The zero-order chi connectivity index (χ0) is 19.1. The molecule has 8 heteroatoms. The Balaban J connectivity index is 1.77. The summed E-state index contributed by atoms with van der Waals surface area (Å²) >= 11 is 0. The second kappa shape index (κ2) is 9.19. The summed E-state index contributed by atoms with van der Waals surface area (Å²) in [7, 11) is 3.19. The summed E-state index contributed by atoms with van der Waals surface area (Å²) in [5.74, 6) is 0.379. The molecule has 2 rings (SSSR count). The van der Waals surface area contributed by atoms with Gasteiger partial charge >= 0.3 is 0 Å². The van der Waals surface area contributed by atoms with Crippen molar-refractivity contribution < 1.29 is 24.0 Å². The number of quaternary nitrogens is 1. The van der Waals surface area contributed by atoms with Gasteiger partial charge in [-0.1, -0.05) is 6.07 Å². The summed E-state index contributed by atoms with van der Waals surface area (Å²) in [6.45, 7) is 4.70. The highest BCUT2D eigenvalue weighted by molar-refractivity contribution is 5.94. The standard InChI is InChI=1S/C18H26N4O4/c1-14(23)22-9-7-21(8-10-22)13-18(25)20(2)12-17(24)19-15-5-4-6-16(11-15)26-3/h4-6,11H,7-10,12-13H2,1-3H3,(H,19,24)/p+1. The molecule has 1 aromatic rings. The van der Waals surface area contributed by atoms with E-state index in [0.29, 0.717) is 31.1 Å². The Bertz CT molecular complexity index is 656. The smallest absolute Gasteiger partial charge is 0.277 e. The molecule has 0 atom stereocenters. The molecule has 1 saturated heterocycles. The van der Waals surface area contributed by atoms with Gasteiger partial charge in [0.05, 0.1) is 39.8 Å². The molecule has 1 aliphatic rings. The van der Waals surface area contributed by atoms with Crippen molar-refractivity contribution in [2.24, 2.45) is 0 Å². The van der Waals surface area contributed by atoms with E-state index in [1.165, 1.54) is 4.90 Å². The topological polar surface area (TPSA) is 83.4 Å². The summed E-state index contributed by atoms with van der Waals surface area (Å²) in [5.41, 5.74) is 0.626. The van der Waals surface area contributed by atoms with Crippen molar-refractivity contribution in [1.82, 2.24) is 9.80 Å². The van der Waals surface area contributed by atoms with Gasteiger partial charge in [-0.25, -0.2) is 0 Å². The maximum absolute atomic E-state index is 12.3. The molecule has 1 heterocycles. The fourth-order valence-corrected chi connectivity index (χ4v) is 2.87. The van der Waals surface area contributed by atoms with E-state index in [9.17, 15) is 14.4 Å². The average Bonchev–Trinajstić information content (AvgIpc) is 2.62. The average molecular weight is 363 g/mol. The predicted molar refractivity (Wildman–Crippen MR) is 97.1 cm³/mol. The van der Waals surface area contributed by atoms with Crippen molar-refractivity contribution in [2.75, 3.05) is 58.7 Å². The monoisotopic (exact) mass is 363 g/mol. The minimum atomic E-state index is -0.259. The first-order chi connectivity index (χ1) is 12.4. The summed E-state index contributed by atoms with van der Waals surface area (Å²) in [6, 6.07) is 7.06. The number of likely N-dealkylation sites (N-methyl/N-ethyl adjacent to an activating group) is 1. The van der Waals surface area contributed by atoms with E-state index >= 15 is 0 Å². The number of rotatable bonds is 6. The van der Waals surface area contributed by atoms with Gasteiger partial charge in [-0.3, -0.25) is 14.4 Å². The highest BCUT2D eigenvalue weighted by Crippen LogP contribution is 2.16. The van der Waals surface area contributed by atoms with E-state index in [0.717, 1.165) is 18.0 Å².